The summed E-state index contributed by atoms with van der Waals surface area (Å²) in [6.45, 7) is 6.24. The van der Waals surface area contributed by atoms with Crippen LogP contribution in [0.15, 0.2) is 42.5 Å². The molecule has 1 fully saturated rings. The summed E-state index contributed by atoms with van der Waals surface area (Å²) in [5.74, 6) is 0.943. The Morgan fingerprint density at radius 2 is 1.79 bits per heavy atom. The fraction of sp³-hybridized carbons (Fsp3) is 0.400. The second-order valence-corrected chi connectivity index (χ2v) is 9.43. The predicted molar refractivity (Wildman–Crippen MR) is 121 cm³/mol. The number of carbonyl (C=O) groups is 3. The molecule has 4 rings (SSSR count). The van der Waals surface area contributed by atoms with E-state index in [9.17, 15) is 14.4 Å². The van der Waals surface area contributed by atoms with Crippen LogP contribution in [0.3, 0.4) is 0 Å². The lowest BCUT2D eigenvalue weighted by Gasteiger charge is -2.30. The van der Waals surface area contributed by atoms with Gasteiger partial charge in [0, 0.05) is 13.0 Å². The van der Waals surface area contributed by atoms with Gasteiger partial charge in [-0.15, -0.1) is 0 Å². The third kappa shape index (κ3) is 4.79. The van der Waals surface area contributed by atoms with E-state index >= 15 is 0 Å². The average molecular weight is 453 g/mol. The Balaban J connectivity index is 1.62. The van der Waals surface area contributed by atoms with Crippen molar-refractivity contribution in [1.29, 1.82) is 0 Å². The molecule has 3 amide bonds. The van der Waals surface area contributed by atoms with Crippen LogP contribution in [-0.4, -0.2) is 42.6 Å². The fourth-order valence-electron chi connectivity index (χ4n) is 4.03. The van der Waals surface area contributed by atoms with Crippen LogP contribution >= 0.6 is 0 Å². The van der Waals surface area contributed by atoms with Crippen LogP contribution < -0.4 is 19.1 Å². The largest absolute Gasteiger partial charge is 0.497 e. The number of hydrogen-bond donors (Lipinski definition) is 0. The van der Waals surface area contributed by atoms with E-state index in [1.807, 2.05) is 32.9 Å². The first-order chi connectivity index (χ1) is 15.7. The van der Waals surface area contributed by atoms with Crippen molar-refractivity contribution in [3.05, 3.63) is 48.0 Å². The summed E-state index contributed by atoms with van der Waals surface area (Å²) in [6, 6.07) is 11.3. The molecular formula is C25H28N2O6. The van der Waals surface area contributed by atoms with E-state index in [1.165, 1.54) is 4.90 Å². The van der Waals surface area contributed by atoms with Gasteiger partial charge in [-0.25, -0.2) is 4.90 Å². The van der Waals surface area contributed by atoms with E-state index in [2.05, 4.69) is 0 Å². The number of methoxy groups -OCH3 is 1. The van der Waals surface area contributed by atoms with Gasteiger partial charge in [0.25, 0.3) is 5.91 Å². The predicted octanol–water partition coefficient (Wildman–Crippen LogP) is 3.52. The number of fused-ring (bicyclic) bond motifs is 1. The lowest BCUT2D eigenvalue weighted by molar-refractivity contribution is -0.140. The quantitative estimate of drug-likeness (QED) is 0.624. The standard InChI is InChI=1S/C25H28N2O6/c1-25(2,3)13-23(29)26(14-16-5-10-20-21(11-16)33-15-32-20)19-12-22(28)27(24(19)30)17-6-8-18(31-4)9-7-17/h5-11,19H,12-15H2,1-4H3. The third-order valence-corrected chi connectivity index (χ3v) is 5.62. The molecule has 2 aliphatic rings. The summed E-state index contributed by atoms with van der Waals surface area (Å²) >= 11 is 0. The molecule has 0 aromatic heterocycles. The molecular weight excluding hydrogens is 424 g/mol. The lowest BCUT2D eigenvalue weighted by Crippen LogP contribution is -2.46. The average Bonchev–Trinajstić information content (AvgIpc) is 3.34. The van der Waals surface area contributed by atoms with Gasteiger partial charge in [0.1, 0.15) is 11.8 Å². The van der Waals surface area contributed by atoms with Crippen LogP contribution in [0.25, 0.3) is 0 Å². The Hall–Kier alpha value is -3.55. The maximum atomic E-state index is 13.4. The van der Waals surface area contributed by atoms with Crippen molar-refractivity contribution < 1.29 is 28.6 Å². The highest BCUT2D eigenvalue weighted by Gasteiger charge is 2.44. The van der Waals surface area contributed by atoms with Gasteiger partial charge in [-0.1, -0.05) is 26.8 Å². The van der Waals surface area contributed by atoms with Crippen molar-refractivity contribution in [3.8, 4) is 17.2 Å². The molecule has 1 atom stereocenters. The first-order valence-electron chi connectivity index (χ1n) is 10.8. The smallest absolute Gasteiger partial charge is 0.257 e. The van der Waals surface area contributed by atoms with Gasteiger partial charge in [0.15, 0.2) is 11.5 Å². The Bertz CT molecular complexity index is 1070. The summed E-state index contributed by atoms with van der Waals surface area (Å²) in [5.41, 5.74) is 0.982. The second-order valence-electron chi connectivity index (χ2n) is 9.43. The molecule has 0 N–H and O–H groups in total. The second kappa shape index (κ2) is 8.77. The van der Waals surface area contributed by atoms with Crippen LogP contribution in [0.1, 0.15) is 39.2 Å². The number of carbonyl (C=O) groups excluding carboxylic acids is 3. The highest BCUT2D eigenvalue weighted by molar-refractivity contribution is 6.23. The first kappa shape index (κ1) is 22.6. The van der Waals surface area contributed by atoms with E-state index in [-0.39, 0.29) is 43.4 Å². The minimum absolute atomic E-state index is 0.0642. The van der Waals surface area contributed by atoms with E-state index in [0.29, 0.717) is 22.9 Å². The first-order valence-corrected chi connectivity index (χ1v) is 10.8. The molecule has 1 saturated heterocycles. The van der Waals surface area contributed by atoms with Gasteiger partial charge in [-0.2, -0.15) is 0 Å². The van der Waals surface area contributed by atoms with Gasteiger partial charge < -0.3 is 19.1 Å². The Morgan fingerprint density at radius 1 is 1.09 bits per heavy atom. The zero-order chi connectivity index (χ0) is 23.8. The Labute approximate surface area is 193 Å². The topological polar surface area (TPSA) is 85.4 Å². The van der Waals surface area contributed by atoms with Crippen molar-refractivity contribution in [2.75, 3.05) is 18.8 Å². The molecule has 0 aliphatic carbocycles. The third-order valence-electron chi connectivity index (χ3n) is 5.62. The van der Waals surface area contributed by atoms with E-state index in [4.69, 9.17) is 14.2 Å². The summed E-state index contributed by atoms with van der Waals surface area (Å²) in [7, 11) is 1.55. The number of anilines is 1. The van der Waals surface area contributed by atoms with Crippen molar-refractivity contribution in [2.24, 2.45) is 5.41 Å². The number of benzene rings is 2. The molecule has 0 spiro atoms. The number of hydrogen-bond acceptors (Lipinski definition) is 6. The van der Waals surface area contributed by atoms with Crippen LogP contribution in [-0.2, 0) is 20.9 Å². The number of amides is 3. The monoisotopic (exact) mass is 452 g/mol. The molecule has 1 unspecified atom stereocenters. The summed E-state index contributed by atoms with van der Waals surface area (Å²) in [4.78, 5) is 42.3. The lowest BCUT2D eigenvalue weighted by atomic mass is 9.91. The van der Waals surface area contributed by atoms with Crippen molar-refractivity contribution in [1.82, 2.24) is 4.90 Å². The van der Waals surface area contributed by atoms with E-state index in [0.717, 1.165) is 10.5 Å². The van der Waals surface area contributed by atoms with Gasteiger partial charge in [-0.3, -0.25) is 14.4 Å². The molecule has 8 heteroatoms. The zero-order valence-electron chi connectivity index (χ0n) is 19.3. The summed E-state index contributed by atoms with van der Waals surface area (Å²) in [6.07, 6.45) is 0.184. The van der Waals surface area contributed by atoms with E-state index in [1.54, 1.807) is 37.4 Å². The Morgan fingerprint density at radius 3 is 2.45 bits per heavy atom. The van der Waals surface area contributed by atoms with Crippen LogP contribution in [0.4, 0.5) is 5.69 Å². The van der Waals surface area contributed by atoms with Gasteiger partial charge in [0.05, 0.1) is 19.2 Å². The normalized spacial score (nSPS) is 17.5. The fourth-order valence-corrected chi connectivity index (χ4v) is 4.03. The molecule has 2 heterocycles. The minimum atomic E-state index is -0.875. The molecule has 0 radical (unpaired) electrons. The molecule has 0 bridgehead atoms. The molecule has 8 nitrogen and oxygen atoms in total. The molecule has 33 heavy (non-hydrogen) atoms. The maximum absolute atomic E-state index is 13.4. The minimum Gasteiger partial charge on any atom is -0.497 e. The van der Waals surface area contributed by atoms with Crippen LogP contribution in [0.5, 0.6) is 17.2 Å². The maximum Gasteiger partial charge on any atom is 0.257 e. The summed E-state index contributed by atoms with van der Waals surface area (Å²) in [5, 5.41) is 0. The molecule has 2 aromatic rings. The van der Waals surface area contributed by atoms with Crippen molar-refractivity contribution in [3.63, 3.8) is 0 Å². The number of ether oxygens (including phenoxy) is 3. The molecule has 0 saturated carbocycles. The highest BCUT2D eigenvalue weighted by Crippen LogP contribution is 2.34. The van der Waals surface area contributed by atoms with Gasteiger partial charge in [0.2, 0.25) is 18.6 Å². The van der Waals surface area contributed by atoms with Gasteiger partial charge in [-0.05, 0) is 47.4 Å². The molecule has 2 aliphatic heterocycles. The number of imide groups is 1. The highest BCUT2D eigenvalue weighted by atomic mass is 16.7. The van der Waals surface area contributed by atoms with Crippen molar-refractivity contribution in [2.45, 2.75) is 46.2 Å². The summed E-state index contributed by atoms with van der Waals surface area (Å²) < 4.78 is 16.0. The van der Waals surface area contributed by atoms with E-state index < -0.39 is 11.9 Å². The number of rotatable bonds is 6. The Kier molecular flexibility index (Phi) is 6.01. The van der Waals surface area contributed by atoms with Crippen LogP contribution in [0, 0.1) is 5.41 Å². The van der Waals surface area contributed by atoms with Gasteiger partial charge >= 0.3 is 0 Å². The molecule has 174 valence electrons. The zero-order valence-corrected chi connectivity index (χ0v) is 19.3. The number of nitrogens with zero attached hydrogens (tertiary/aromatic N) is 2. The van der Waals surface area contributed by atoms with Crippen molar-refractivity contribution >= 4 is 23.4 Å². The van der Waals surface area contributed by atoms with Crippen LogP contribution in [0.2, 0.25) is 0 Å². The SMILES string of the molecule is COc1ccc(N2C(=O)CC(N(Cc3ccc4c(c3)OCO4)C(=O)CC(C)(C)C)C2=O)cc1. The molecule has 2 aromatic carbocycles.